The van der Waals surface area contributed by atoms with Crippen molar-refractivity contribution in [3.05, 3.63) is 59.7 Å². The summed E-state index contributed by atoms with van der Waals surface area (Å²) in [6.45, 7) is 9.66. The Morgan fingerprint density at radius 1 is 1.13 bits per heavy atom. The fraction of sp³-hybridized carbons (Fsp3) is 0.533. The van der Waals surface area contributed by atoms with Gasteiger partial charge in [-0.3, -0.25) is 9.59 Å². The number of hydrogen-bond acceptors (Lipinski definition) is 8. The molecule has 0 amide bonds. The lowest BCUT2D eigenvalue weighted by atomic mass is 9.46. The second kappa shape index (κ2) is 10.8. The Bertz CT molecular complexity index is 1150. The first-order chi connectivity index (χ1) is 18.0. The van der Waals surface area contributed by atoms with E-state index in [1.807, 2.05) is 6.92 Å². The minimum atomic E-state index is -1.01. The minimum absolute atomic E-state index is 0.0285. The summed E-state index contributed by atoms with van der Waals surface area (Å²) in [7, 11) is 1.36. The van der Waals surface area contributed by atoms with Crippen LogP contribution < -0.4 is 0 Å². The molecular weight excluding hydrogens is 488 g/mol. The van der Waals surface area contributed by atoms with Crippen molar-refractivity contribution in [2.24, 2.45) is 22.7 Å². The highest BCUT2D eigenvalue weighted by molar-refractivity contribution is 5.94. The van der Waals surface area contributed by atoms with E-state index in [9.17, 15) is 19.2 Å². The fourth-order valence-corrected chi connectivity index (χ4v) is 6.94. The van der Waals surface area contributed by atoms with Gasteiger partial charge in [-0.2, -0.15) is 0 Å². The van der Waals surface area contributed by atoms with Crippen LogP contribution in [0.2, 0.25) is 0 Å². The summed E-state index contributed by atoms with van der Waals surface area (Å²) in [5.41, 5.74) is 0.387. The molecule has 4 rings (SSSR count). The highest BCUT2D eigenvalue weighted by Crippen LogP contribution is 2.62. The fourth-order valence-electron chi connectivity index (χ4n) is 6.94. The molecule has 1 aromatic carbocycles. The number of allylic oxidation sites excluding steroid dienone is 2. The Balaban J connectivity index is 1.59. The van der Waals surface area contributed by atoms with Gasteiger partial charge in [-0.1, -0.05) is 43.4 Å². The Hall–Kier alpha value is -3.42. The molecule has 6 atom stereocenters. The van der Waals surface area contributed by atoms with Crippen molar-refractivity contribution in [3.8, 4) is 0 Å². The first-order valence-corrected chi connectivity index (χ1v) is 13.1. The number of carbonyl (C=O) groups is 4. The second-order valence-corrected chi connectivity index (χ2v) is 11.0. The zero-order chi connectivity index (χ0) is 27.7. The highest BCUT2D eigenvalue weighted by atomic mass is 16.6. The molecule has 2 saturated carbocycles. The number of ether oxygens (including phenoxy) is 4. The van der Waals surface area contributed by atoms with Crippen molar-refractivity contribution in [1.82, 2.24) is 0 Å². The molecule has 8 nitrogen and oxygen atoms in total. The number of carbonyl (C=O) groups excluding carboxylic acids is 4. The van der Waals surface area contributed by atoms with Gasteiger partial charge in [0.1, 0.15) is 18.1 Å². The summed E-state index contributed by atoms with van der Waals surface area (Å²) in [6.07, 6.45) is 3.54. The molecule has 0 radical (unpaired) electrons. The van der Waals surface area contributed by atoms with Gasteiger partial charge in [-0.15, -0.1) is 0 Å². The summed E-state index contributed by atoms with van der Waals surface area (Å²) < 4.78 is 21.7. The summed E-state index contributed by atoms with van der Waals surface area (Å²) in [4.78, 5) is 50.2. The zero-order valence-electron chi connectivity index (χ0n) is 22.5. The van der Waals surface area contributed by atoms with Gasteiger partial charge in [-0.25, -0.2) is 9.59 Å². The normalized spacial score (nSPS) is 33.7. The van der Waals surface area contributed by atoms with E-state index in [0.717, 1.165) is 5.57 Å². The van der Waals surface area contributed by atoms with Gasteiger partial charge < -0.3 is 18.9 Å². The Kier molecular flexibility index (Phi) is 7.81. The maximum absolute atomic E-state index is 13.2. The van der Waals surface area contributed by atoms with Gasteiger partial charge >= 0.3 is 23.9 Å². The van der Waals surface area contributed by atoms with Crippen LogP contribution >= 0.6 is 0 Å². The van der Waals surface area contributed by atoms with Gasteiger partial charge in [0.25, 0.3) is 0 Å². The monoisotopic (exact) mass is 524 g/mol. The standard InChI is InChI=1S/C30H36O8/c1-18-11-14-24-29(3,16-15-25(37-19(2)31)30(24,4)28(34)35-5)22(18)13-12-21-23(17-36-27(21)33)38-26(32)20-9-7-6-8-10-20/h6-10,12,22-25H,1,11,13-17H2,2-5H3/b21-12+/t22-,23-,24+,25-,29+,30+/m1/s1. The van der Waals surface area contributed by atoms with Crippen molar-refractivity contribution >= 4 is 23.9 Å². The lowest BCUT2D eigenvalue weighted by molar-refractivity contribution is -0.196. The summed E-state index contributed by atoms with van der Waals surface area (Å²) >= 11 is 0. The lowest BCUT2D eigenvalue weighted by Crippen LogP contribution is -2.60. The minimum Gasteiger partial charge on any atom is -0.468 e. The maximum Gasteiger partial charge on any atom is 0.338 e. The molecule has 0 unspecified atom stereocenters. The number of cyclic esters (lactones) is 1. The van der Waals surface area contributed by atoms with Crippen molar-refractivity contribution in [2.45, 2.75) is 65.1 Å². The molecule has 38 heavy (non-hydrogen) atoms. The van der Waals surface area contributed by atoms with Crippen LogP contribution in [0, 0.1) is 22.7 Å². The third-order valence-corrected chi connectivity index (χ3v) is 8.89. The zero-order valence-corrected chi connectivity index (χ0v) is 22.5. The van der Waals surface area contributed by atoms with Crippen molar-refractivity contribution in [2.75, 3.05) is 13.7 Å². The number of rotatable bonds is 6. The van der Waals surface area contributed by atoms with Crippen LogP contribution in [0.1, 0.15) is 63.2 Å². The molecule has 0 bridgehead atoms. The van der Waals surface area contributed by atoms with Crippen molar-refractivity contribution < 1.29 is 38.1 Å². The van der Waals surface area contributed by atoms with E-state index >= 15 is 0 Å². The van der Waals surface area contributed by atoms with Crippen LogP contribution in [0.25, 0.3) is 0 Å². The first kappa shape index (κ1) is 27.6. The number of fused-ring (bicyclic) bond motifs is 1. The third-order valence-electron chi connectivity index (χ3n) is 8.89. The smallest absolute Gasteiger partial charge is 0.338 e. The molecule has 0 spiro atoms. The summed E-state index contributed by atoms with van der Waals surface area (Å²) in [6, 6.07) is 8.60. The molecule has 204 valence electrons. The van der Waals surface area contributed by atoms with Crippen LogP contribution in [-0.4, -0.2) is 49.8 Å². The average molecular weight is 525 g/mol. The average Bonchev–Trinajstić information content (AvgIpc) is 3.23. The van der Waals surface area contributed by atoms with Gasteiger partial charge in [0, 0.05) is 6.92 Å². The van der Waals surface area contributed by atoms with Crippen LogP contribution in [0.5, 0.6) is 0 Å². The second-order valence-electron chi connectivity index (χ2n) is 11.0. The number of methoxy groups -OCH3 is 1. The quantitative estimate of drug-likeness (QED) is 0.231. The van der Waals surface area contributed by atoms with Gasteiger partial charge in [0.05, 0.1) is 18.2 Å². The van der Waals surface area contributed by atoms with Crippen molar-refractivity contribution in [3.63, 3.8) is 0 Å². The largest absolute Gasteiger partial charge is 0.468 e. The predicted molar refractivity (Wildman–Crippen MR) is 138 cm³/mol. The summed E-state index contributed by atoms with van der Waals surface area (Å²) in [5.74, 6) is -2.02. The molecule has 8 heteroatoms. The molecule has 1 saturated heterocycles. The molecule has 2 aliphatic carbocycles. The Morgan fingerprint density at radius 3 is 2.50 bits per heavy atom. The van der Waals surface area contributed by atoms with Crippen molar-refractivity contribution in [1.29, 1.82) is 0 Å². The van der Waals surface area contributed by atoms with E-state index < -0.39 is 41.5 Å². The highest BCUT2D eigenvalue weighted by Gasteiger charge is 2.62. The van der Waals surface area contributed by atoms with Crippen LogP contribution in [0.4, 0.5) is 0 Å². The van der Waals surface area contributed by atoms with E-state index in [1.165, 1.54) is 14.0 Å². The van der Waals surface area contributed by atoms with E-state index in [0.29, 0.717) is 43.2 Å². The van der Waals surface area contributed by atoms with E-state index in [2.05, 4.69) is 13.5 Å². The van der Waals surface area contributed by atoms with Crippen LogP contribution in [-0.2, 0) is 33.3 Å². The van der Waals surface area contributed by atoms with Crippen LogP contribution in [0.3, 0.4) is 0 Å². The molecule has 1 aromatic rings. The number of esters is 4. The lowest BCUT2D eigenvalue weighted by Gasteiger charge is -2.59. The van der Waals surface area contributed by atoms with E-state index in [-0.39, 0.29) is 23.9 Å². The van der Waals surface area contributed by atoms with Gasteiger partial charge in [-0.05, 0) is 68.4 Å². The molecule has 1 aliphatic heterocycles. The molecule has 3 aliphatic rings. The molecular formula is C30H36O8. The van der Waals surface area contributed by atoms with Gasteiger partial charge in [0.15, 0.2) is 6.10 Å². The molecule has 0 aromatic heterocycles. The number of hydrogen-bond donors (Lipinski definition) is 0. The van der Waals surface area contributed by atoms with E-state index in [4.69, 9.17) is 18.9 Å². The molecule has 3 fully saturated rings. The predicted octanol–water partition coefficient (Wildman–Crippen LogP) is 4.58. The number of benzene rings is 1. The Morgan fingerprint density at radius 2 is 1.84 bits per heavy atom. The molecule has 0 N–H and O–H groups in total. The Labute approximate surface area is 223 Å². The first-order valence-electron chi connectivity index (χ1n) is 13.1. The maximum atomic E-state index is 13.2. The topological polar surface area (TPSA) is 105 Å². The molecule has 1 heterocycles. The summed E-state index contributed by atoms with van der Waals surface area (Å²) in [5, 5.41) is 0. The van der Waals surface area contributed by atoms with Crippen LogP contribution in [0.15, 0.2) is 54.1 Å². The third kappa shape index (κ3) is 4.88. The van der Waals surface area contributed by atoms with E-state index in [1.54, 1.807) is 36.4 Å². The SMILES string of the molecule is C=C1CC[C@H]2[C@@](C)(CC[C@@H](OC(C)=O)[C@@]2(C)C(=O)OC)[C@@H]1C/C=C1/C(=O)OC[C@H]1OC(=O)c1ccccc1. The van der Waals surface area contributed by atoms with Gasteiger partial charge in [0.2, 0.25) is 0 Å².